The van der Waals surface area contributed by atoms with Gasteiger partial charge < -0.3 is 15.2 Å². The zero-order valence-corrected chi connectivity index (χ0v) is 15.3. The van der Waals surface area contributed by atoms with E-state index in [1.807, 2.05) is 40.6 Å². The van der Waals surface area contributed by atoms with E-state index < -0.39 is 0 Å². The van der Waals surface area contributed by atoms with Crippen molar-refractivity contribution in [3.8, 4) is 10.7 Å². The van der Waals surface area contributed by atoms with E-state index in [9.17, 15) is 4.79 Å². The van der Waals surface area contributed by atoms with Gasteiger partial charge in [0, 0.05) is 32.5 Å². The van der Waals surface area contributed by atoms with Crippen LogP contribution in [0.3, 0.4) is 0 Å². The summed E-state index contributed by atoms with van der Waals surface area (Å²) in [5, 5.41) is 5.94. The minimum atomic E-state index is 0.0576. The third-order valence-corrected chi connectivity index (χ3v) is 4.89. The van der Waals surface area contributed by atoms with Gasteiger partial charge in [-0.1, -0.05) is 41.6 Å². The summed E-state index contributed by atoms with van der Waals surface area (Å²) in [6.45, 7) is 1.66. The molecule has 1 amide bonds. The third-order valence-electron chi connectivity index (χ3n) is 4.03. The molecular weight excluding hydrogens is 348 g/mol. The van der Waals surface area contributed by atoms with E-state index in [-0.39, 0.29) is 5.91 Å². The van der Waals surface area contributed by atoms with Crippen LogP contribution in [0.4, 0.5) is 0 Å². The number of rotatable bonds is 9. The number of thiophene rings is 1. The van der Waals surface area contributed by atoms with Crippen LogP contribution in [-0.4, -0.2) is 40.6 Å². The number of benzene rings is 1. The van der Waals surface area contributed by atoms with Gasteiger partial charge in [-0.05, 0) is 23.4 Å². The fraction of sp³-hybridized carbons (Fsp3) is 0.316. The lowest BCUT2D eigenvalue weighted by atomic mass is 10.1. The lowest BCUT2D eigenvalue weighted by molar-refractivity contribution is -0.131. The fourth-order valence-electron chi connectivity index (χ4n) is 2.66. The third kappa shape index (κ3) is 5.00. The molecule has 0 spiro atoms. The van der Waals surface area contributed by atoms with Crippen molar-refractivity contribution in [1.29, 1.82) is 0 Å². The predicted octanol–water partition coefficient (Wildman–Crippen LogP) is 2.76. The number of nitrogens with two attached hydrogens (primary N) is 1. The van der Waals surface area contributed by atoms with Crippen molar-refractivity contribution in [3.05, 3.63) is 59.3 Å². The highest BCUT2D eigenvalue weighted by molar-refractivity contribution is 7.13. The SMILES string of the molecule is NCCN(CCc1ccccc1)C(=O)CCc1nc(-c2cccs2)no1. The minimum absolute atomic E-state index is 0.0576. The molecule has 2 heterocycles. The highest BCUT2D eigenvalue weighted by Gasteiger charge is 2.16. The summed E-state index contributed by atoms with van der Waals surface area (Å²) in [6.07, 6.45) is 1.58. The molecule has 26 heavy (non-hydrogen) atoms. The van der Waals surface area contributed by atoms with Gasteiger partial charge in [-0.15, -0.1) is 11.3 Å². The predicted molar refractivity (Wildman–Crippen MR) is 102 cm³/mol. The van der Waals surface area contributed by atoms with Crippen molar-refractivity contribution in [2.24, 2.45) is 5.73 Å². The first-order valence-corrected chi connectivity index (χ1v) is 9.52. The maximum absolute atomic E-state index is 12.5. The number of carbonyl (C=O) groups excluding carboxylic acids is 1. The maximum Gasteiger partial charge on any atom is 0.227 e. The molecular formula is C19H22N4O2S. The Morgan fingerprint density at radius 3 is 2.69 bits per heavy atom. The normalized spacial score (nSPS) is 10.8. The van der Waals surface area contributed by atoms with Gasteiger partial charge in [-0.25, -0.2) is 0 Å². The Kier molecular flexibility index (Phi) is 6.51. The van der Waals surface area contributed by atoms with Crippen LogP contribution in [0, 0.1) is 0 Å². The van der Waals surface area contributed by atoms with Gasteiger partial charge in [0.25, 0.3) is 0 Å². The van der Waals surface area contributed by atoms with Crippen molar-refractivity contribution in [2.45, 2.75) is 19.3 Å². The first-order valence-electron chi connectivity index (χ1n) is 8.64. The lowest BCUT2D eigenvalue weighted by Crippen LogP contribution is -2.37. The first-order chi connectivity index (χ1) is 12.8. The zero-order valence-electron chi connectivity index (χ0n) is 14.5. The van der Waals surface area contributed by atoms with Gasteiger partial charge in [-0.3, -0.25) is 4.79 Å². The Labute approximate surface area is 156 Å². The van der Waals surface area contributed by atoms with E-state index >= 15 is 0 Å². The van der Waals surface area contributed by atoms with Crippen LogP contribution in [-0.2, 0) is 17.6 Å². The number of hydrogen-bond acceptors (Lipinski definition) is 6. The summed E-state index contributed by atoms with van der Waals surface area (Å²) in [6, 6.07) is 14.0. The van der Waals surface area contributed by atoms with Gasteiger partial charge in [0.1, 0.15) is 0 Å². The summed E-state index contributed by atoms with van der Waals surface area (Å²) in [7, 11) is 0. The molecule has 0 aliphatic heterocycles. The fourth-order valence-corrected chi connectivity index (χ4v) is 3.31. The van der Waals surface area contributed by atoms with Crippen LogP contribution in [0.1, 0.15) is 17.9 Å². The van der Waals surface area contributed by atoms with E-state index in [2.05, 4.69) is 22.3 Å². The average molecular weight is 370 g/mol. The molecule has 7 heteroatoms. The molecule has 0 unspecified atom stereocenters. The van der Waals surface area contributed by atoms with E-state index in [4.69, 9.17) is 10.3 Å². The molecule has 1 aromatic carbocycles. The van der Waals surface area contributed by atoms with Crippen molar-refractivity contribution in [2.75, 3.05) is 19.6 Å². The molecule has 3 aromatic rings. The number of carbonyl (C=O) groups is 1. The largest absolute Gasteiger partial charge is 0.341 e. The Hall–Kier alpha value is -2.51. The summed E-state index contributed by atoms with van der Waals surface area (Å²) < 4.78 is 5.26. The molecule has 0 fully saturated rings. The van der Waals surface area contributed by atoms with E-state index in [0.29, 0.717) is 44.2 Å². The van der Waals surface area contributed by atoms with Crippen molar-refractivity contribution in [1.82, 2.24) is 15.0 Å². The Morgan fingerprint density at radius 1 is 1.12 bits per heavy atom. The second-order valence-corrected chi connectivity index (χ2v) is 6.84. The summed E-state index contributed by atoms with van der Waals surface area (Å²) in [5.41, 5.74) is 6.88. The molecule has 2 aromatic heterocycles. The van der Waals surface area contributed by atoms with Crippen LogP contribution in [0.5, 0.6) is 0 Å². The van der Waals surface area contributed by atoms with Crippen LogP contribution >= 0.6 is 11.3 Å². The van der Waals surface area contributed by atoms with Crippen molar-refractivity contribution in [3.63, 3.8) is 0 Å². The van der Waals surface area contributed by atoms with Gasteiger partial charge >= 0.3 is 0 Å². The summed E-state index contributed by atoms with van der Waals surface area (Å²) in [4.78, 5) is 19.7. The molecule has 0 aliphatic rings. The molecule has 136 valence electrons. The minimum Gasteiger partial charge on any atom is -0.341 e. The smallest absolute Gasteiger partial charge is 0.227 e. The van der Waals surface area contributed by atoms with Gasteiger partial charge in [0.15, 0.2) is 0 Å². The highest BCUT2D eigenvalue weighted by atomic mass is 32.1. The average Bonchev–Trinajstić information content (AvgIpc) is 3.35. The molecule has 2 N–H and O–H groups in total. The van der Waals surface area contributed by atoms with E-state index in [1.165, 1.54) is 5.56 Å². The van der Waals surface area contributed by atoms with Gasteiger partial charge in [0.05, 0.1) is 4.88 Å². The molecule has 0 saturated carbocycles. The molecule has 3 rings (SSSR count). The standard InChI is InChI=1S/C19H22N4O2S/c20-11-13-23(12-10-15-5-2-1-3-6-15)18(24)9-8-17-21-19(22-25-17)16-7-4-14-26-16/h1-7,14H,8-13,20H2. The molecule has 6 nitrogen and oxygen atoms in total. The number of nitrogens with zero attached hydrogens (tertiary/aromatic N) is 3. The maximum atomic E-state index is 12.5. The molecule has 0 radical (unpaired) electrons. The quantitative estimate of drug-likeness (QED) is 0.626. The molecule has 0 aliphatic carbocycles. The molecule has 0 atom stereocenters. The van der Waals surface area contributed by atoms with Crippen LogP contribution in [0.15, 0.2) is 52.4 Å². The number of aromatic nitrogens is 2. The van der Waals surface area contributed by atoms with Gasteiger partial charge in [0.2, 0.25) is 17.6 Å². The number of aryl methyl sites for hydroxylation is 1. The first kappa shape index (κ1) is 18.3. The monoisotopic (exact) mass is 370 g/mol. The zero-order chi connectivity index (χ0) is 18.2. The number of hydrogen-bond donors (Lipinski definition) is 1. The van der Waals surface area contributed by atoms with Gasteiger partial charge in [-0.2, -0.15) is 4.98 Å². The Bertz CT molecular complexity index is 802. The topological polar surface area (TPSA) is 85.2 Å². The summed E-state index contributed by atoms with van der Waals surface area (Å²) in [5.74, 6) is 1.12. The van der Waals surface area contributed by atoms with Crippen molar-refractivity contribution < 1.29 is 9.32 Å². The van der Waals surface area contributed by atoms with E-state index in [1.54, 1.807) is 11.3 Å². The van der Waals surface area contributed by atoms with Crippen LogP contribution in [0.25, 0.3) is 10.7 Å². The second-order valence-electron chi connectivity index (χ2n) is 5.89. The Balaban J connectivity index is 1.52. The van der Waals surface area contributed by atoms with Crippen LogP contribution < -0.4 is 5.73 Å². The lowest BCUT2D eigenvalue weighted by Gasteiger charge is -2.22. The highest BCUT2D eigenvalue weighted by Crippen LogP contribution is 2.21. The summed E-state index contributed by atoms with van der Waals surface area (Å²) >= 11 is 1.56. The van der Waals surface area contributed by atoms with Crippen LogP contribution in [0.2, 0.25) is 0 Å². The molecule has 0 bridgehead atoms. The van der Waals surface area contributed by atoms with E-state index in [0.717, 1.165) is 11.3 Å². The number of amides is 1. The van der Waals surface area contributed by atoms with Crippen molar-refractivity contribution >= 4 is 17.2 Å². The second kappa shape index (κ2) is 9.26. The molecule has 0 saturated heterocycles. The Morgan fingerprint density at radius 2 is 1.96 bits per heavy atom.